The quantitative estimate of drug-likeness (QED) is 0.553. The summed E-state index contributed by atoms with van der Waals surface area (Å²) in [5, 5.41) is 0. The lowest BCUT2D eigenvalue weighted by atomic mass is 9.99. The average Bonchev–Trinajstić information content (AvgIpc) is 2.28. The van der Waals surface area contributed by atoms with Crippen molar-refractivity contribution in [3.63, 3.8) is 0 Å². The summed E-state index contributed by atoms with van der Waals surface area (Å²) in [6.45, 7) is 10.6. The standard InChI is InChI=1S/C16H24OS/c1-11(2)6-7-18-10-16(17)15-9-13(4)12(3)8-14(15)5/h8-9,11H,6-7,10H2,1-5H3. The maximum Gasteiger partial charge on any atom is 0.172 e. The van der Waals surface area contributed by atoms with E-state index in [1.54, 1.807) is 11.8 Å². The van der Waals surface area contributed by atoms with E-state index in [2.05, 4.69) is 33.8 Å². The van der Waals surface area contributed by atoms with Crippen molar-refractivity contribution in [3.8, 4) is 0 Å². The summed E-state index contributed by atoms with van der Waals surface area (Å²) in [6.07, 6.45) is 1.18. The molecule has 1 aromatic carbocycles. The Balaban J connectivity index is 2.59. The number of Topliss-reactive ketones (excluding diaryl/α,β-unsaturated/α-hetero) is 1. The van der Waals surface area contributed by atoms with Crippen LogP contribution in [0.2, 0.25) is 0 Å². The number of aryl methyl sites for hydroxylation is 3. The zero-order valence-electron chi connectivity index (χ0n) is 12.2. The SMILES string of the molecule is Cc1cc(C)c(C(=O)CSCCC(C)C)cc1C. The molecule has 0 aromatic heterocycles. The van der Waals surface area contributed by atoms with Gasteiger partial charge in [-0.15, -0.1) is 0 Å². The first kappa shape index (κ1) is 15.3. The summed E-state index contributed by atoms with van der Waals surface area (Å²) in [4.78, 5) is 12.2. The Morgan fingerprint density at radius 1 is 1.11 bits per heavy atom. The molecule has 0 amide bonds. The fourth-order valence-corrected chi connectivity index (χ4v) is 2.95. The molecule has 0 atom stereocenters. The van der Waals surface area contributed by atoms with Gasteiger partial charge in [-0.2, -0.15) is 11.8 Å². The number of hydrogen-bond acceptors (Lipinski definition) is 2. The van der Waals surface area contributed by atoms with Crippen LogP contribution in [0.3, 0.4) is 0 Å². The molecule has 0 bridgehead atoms. The Bertz CT molecular complexity index is 421. The molecular weight excluding hydrogens is 240 g/mol. The zero-order valence-corrected chi connectivity index (χ0v) is 13.0. The summed E-state index contributed by atoms with van der Waals surface area (Å²) in [5.74, 6) is 2.67. The minimum absolute atomic E-state index is 0.268. The largest absolute Gasteiger partial charge is 0.293 e. The Morgan fingerprint density at radius 2 is 1.72 bits per heavy atom. The van der Waals surface area contributed by atoms with Crippen LogP contribution in [0.1, 0.15) is 47.3 Å². The minimum Gasteiger partial charge on any atom is -0.293 e. The number of ketones is 1. The molecule has 1 rings (SSSR count). The van der Waals surface area contributed by atoms with Gasteiger partial charge in [0, 0.05) is 5.56 Å². The van der Waals surface area contributed by atoms with Crippen LogP contribution < -0.4 is 0 Å². The van der Waals surface area contributed by atoms with E-state index in [-0.39, 0.29) is 5.78 Å². The maximum atomic E-state index is 12.2. The normalized spacial score (nSPS) is 11.0. The summed E-state index contributed by atoms with van der Waals surface area (Å²) in [6, 6.07) is 4.15. The molecule has 0 N–H and O–H groups in total. The maximum absolute atomic E-state index is 12.2. The van der Waals surface area contributed by atoms with E-state index in [1.165, 1.54) is 17.5 Å². The number of rotatable bonds is 6. The molecule has 0 unspecified atom stereocenters. The monoisotopic (exact) mass is 264 g/mol. The van der Waals surface area contributed by atoms with Crippen LogP contribution in [-0.2, 0) is 0 Å². The molecule has 1 aromatic rings. The highest BCUT2D eigenvalue weighted by molar-refractivity contribution is 7.99. The van der Waals surface area contributed by atoms with Gasteiger partial charge in [-0.3, -0.25) is 4.79 Å². The second kappa shape index (κ2) is 6.98. The van der Waals surface area contributed by atoms with E-state index in [9.17, 15) is 4.79 Å². The van der Waals surface area contributed by atoms with Crippen molar-refractivity contribution in [2.24, 2.45) is 5.92 Å². The summed E-state index contributed by atoms with van der Waals surface area (Å²) >= 11 is 1.75. The van der Waals surface area contributed by atoms with Gasteiger partial charge in [-0.05, 0) is 61.6 Å². The fraction of sp³-hybridized carbons (Fsp3) is 0.562. The molecule has 0 heterocycles. The summed E-state index contributed by atoms with van der Waals surface area (Å²) in [5.41, 5.74) is 4.47. The van der Waals surface area contributed by atoms with E-state index < -0.39 is 0 Å². The second-order valence-corrected chi connectivity index (χ2v) is 6.51. The zero-order chi connectivity index (χ0) is 13.7. The molecule has 0 saturated heterocycles. The lowest BCUT2D eigenvalue weighted by Gasteiger charge is -2.09. The molecule has 100 valence electrons. The molecule has 1 nitrogen and oxygen atoms in total. The van der Waals surface area contributed by atoms with E-state index >= 15 is 0 Å². The van der Waals surface area contributed by atoms with Crippen LogP contribution in [0.5, 0.6) is 0 Å². The number of benzene rings is 1. The predicted octanol–water partition coefficient (Wildman–Crippen LogP) is 4.57. The third-order valence-corrected chi connectivity index (χ3v) is 4.20. The highest BCUT2D eigenvalue weighted by Crippen LogP contribution is 2.18. The van der Waals surface area contributed by atoms with Crippen LogP contribution >= 0.6 is 11.8 Å². The van der Waals surface area contributed by atoms with Crippen LogP contribution in [0.25, 0.3) is 0 Å². The molecule has 0 fully saturated rings. The first-order valence-corrected chi connectivity index (χ1v) is 7.76. The molecule has 0 aliphatic heterocycles. The van der Waals surface area contributed by atoms with Gasteiger partial charge in [0.25, 0.3) is 0 Å². The van der Waals surface area contributed by atoms with E-state index in [0.717, 1.165) is 22.8 Å². The Hall–Kier alpha value is -0.760. The Labute approximate surface area is 115 Å². The highest BCUT2D eigenvalue weighted by Gasteiger charge is 2.10. The Morgan fingerprint density at radius 3 is 2.33 bits per heavy atom. The van der Waals surface area contributed by atoms with Gasteiger partial charge >= 0.3 is 0 Å². The van der Waals surface area contributed by atoms with Crippen molar-refractivity contribution in [1.29, 1.82) is 0 Å². The van der Waals surface area contributed by atoms with Gasteiger partial charge in [-0.1, -0.05) is 19.9 Å². The van der Waals surface area contributed by atoms with Crippen molar-refractivity contribution in [3.05, 3.63) is 34.4 Å². The molecule has 0 radical (unpaired) electrons. The third-order valence-electron chi connectivity index (χ3n) is 3.21. The van der Waals surface area contributed by atoms with E-state index in [1.807, 2.05) is 13.0 Å². The van der Waals surface area contributed by atoms with Gasteiger partial charge in [0.05, 0.1) is 5.75 Å². The van der Waals surface area contributed by atoms with Crippen molar-refractivity contribution >= 4 is 17.5 Å². The number of thioether (sulfide) groups is 1. The topological polar surface area (TPSA) is 17.1 Å². The van der Waals surface area contributed by atoms with E-state index in [0.29, 0.717) is 5.75 Å². The van der Waals surface area contributed by atoms with Crippen LogP contribution in [-0.4, -0.2) is 17.3 Å². The Kier molecular flexibility index (Phi) is 5.94. The number of hydrogen-bond donors (Lipinski definition) is 0. The van der Waals surface area contributed by atoms with Gasteiger partial charge in [0.2, 0.25) is 0 Å². The van der Waals surface area contributed by atoms with Crippen LogP contribution in [0.4, 0.5) is 0 Å². The van der Waals surface area contributed by atoms with Gasteiger partial charge in [0.1, 0.15) is 0 Å². The lowest BCUT2D eigenvalue weighted by Crippen LogP contribution is -2.07. The van der Waals surface area contributed by atoms with Gasteiger partial charge in [0.15, 0.2) is 5.78 Å². The van der Waals surface area contributed by atoms with Gasteiger partial charge < -0.3 is 0 Å². The highest BCUT2D eigenvalue weighted by atomic mass is 32.2. The van der Waals surface area contributed by atoms with Crippen LogP contribution in [0, 0.1) is 26.7 Å². The number of carbonyl (C=O) groups is 1. The van der Waals surface area contributed by atoms with Crippen molar-refractivity contribution < 1.29 is 4.79 Å². The summed E-state index contributed by atoms with van der Waals surface area (Å²) < 4.78 is 0. The van der Waals surface area contributed by atoms with Crippen molar-refractivity contribution in [2.45, 2.75) is 41.0 Å². The van der Waals surface area contributed by atoms with E-state index in [4.69, 9.17) is 0 Å². The summed E-state index contributed by atoms with van der Waals surface area (Å²) in [7, 11) is 0. The molecule has 18 heavy (non-hydrogen) atoms. The molecular formula is C16H24OS. The number of carbonyl (C=O) groups excluding carboxylic acids is 1. The molecule has 0 saturated carbocycles. The fourth-order valence-electron chi connectivity index (χ4n) is 1.82. The second-order valence-electron chi connectivity index (χ2n) is 5.41. The molecule has 0 spiro atoms. The van der Waals surface area contributed by atoms with Gasteiger partial charge in [-0.25, -0.2) is 0 Å². The van der Waals surface area contributed by atoms with Crippen molar-refractivity contribution in [1.82, 2.24) is 0 Å². The first-order chi connectivity index (χ1) is 8.41. The minimum atomic E-state index is 0.268. The first-order valence-electron chi connectivity index (χ1n) is 6.60. The predicted molar refractivity (Wildman–Crippen MR) is 81.8 cm³/mol. The molecule has 0 aliphatic carbocycles. The average molecular weight is 264 g/mol. The third kappa shape index (κ3) is 4.49. The van der Waals surface area contributed by atoms with Crippen LogP contribution in [0.15, 0.2) is 12.1 Å². The molecule has 0 aliphatic rings. The smallest absolute Gasteiger partial charge is 0.172 e. The molecule has 2 heteroatoms. The lowest BCUT2D eigenvalue weighted by molar-refractivity contribution is 0.102. The van der Waals surface area contributed by atoms with Crippen molar-refractivity contribution in [2.75, 3.05) is 11.5 Å².